The number of nitrogens with one attached hydrogen (secondary N) is 1. The van der Waals surface area contributed by atoms with Gasteiger partial charge in [0.05, 0.1) is 39.6 Å². The minimum absolute atomic E-state index is 0.0207. The monoisotopic (exact) mass is 1010 g/mol. The summed E-state index contributed by atoms with van der Waals surface area (Å²) in [6.07, 6.45) is 12.9. The Hall–Kier alpha value is -5.49. The number of alkyl halides is 2. The molecule has 0 bridgehead atoms. The second kappa shape index (κ2) is 44.7. The maximum absolute atomic E-state index is 12.1. The molecule has 17 heteroatoms. The minimum atomic E-state index is -0.402. The third-order valence-corrected chi connectivity index (χ3v) is 10.0. The standard InChI is InChI=1S/C22H32ClN3O3.C12H12N2O2.C10H22ClNO2.C9H11NO/c1-26(2)21-9-7-19(8-10-21)17-20(18-24)22(27)25-12-14-29-16-15-28-13-6-4-3-5-11-23;1-14(2)11-5-3-10(4-6-11)7-12(8-13)16-9-15;11-5-3-1-2-4-7-13-9-10-14-8-6-12;1-10(2)9-5-3-8(7-11)4-6-9/h7-10,17H,3-6,11-16H2,1-2H3,(H,25,27);3-7,9H,1-2H3;1-10,12H2;3-7H,1-2H3/b20-17+;12-7-;;. The summed E-state index contributed by atoms with van der Waals surface area (Å²) >= 11 is 11.2. The van der Waals surface area contributed by atoms with Crippen molar-refractivity contribution in [3.63, 3.8) is 0 Å². The molecule has 0 radical (unpaired) electrons. The lowest BCUT2D eigenvalue weighted by molar-refractivity contribution is -0.124. The van der Waals surface area contributed by atoms with Crippen LogP contribution < -0.4 is 25.8 Å². The second-order valence-corrected chi connectivity index (χ2v) is 16.5. The molecule has 0 saturated carbocycles. The molecule has 0 unspecified atom stereocenters. The highest BCUT2D eigenvalue weighted by molar-refractivity contribution is 6.18. The number of carbonyl (C=O) groups excluding carboxylic acids is 3. The van der Waals surface area contributed by atoms with E-state index in [4.69, 9.17) is 53.1 Å². The predicted octanol–water partition coefficient (Wildman–Crippen LogP) is 8.74. The number of anilines is 3. The van der Waals surface area contributed by atoms with Crippen molar-refractivity contribution in [2.24, 2.45) is 5.73 Å². The van der Waals surface area contributed by atoms with E-state index in [9.17, 15) is 19.6 Å². The van der Waals surface area contributed by atoms with Crippen molar-refractivity contribution in [3.05, 3.63) is 101 Å². The van der Waals surface area contributed by atoms with Crippen LogP contribution >= 0.6 is 23.2 Å². The van der Waals surface area contributed by atoms with Crippen LogP contribution in [0.2, 0.25) is 0 Å². The van der Waals surface area contributed by atoms with Crippen LogP contribution in [0.25, 0.3) is 12.2 Å². The van der Waals surface area contributed by atoms with Gasteiger partial charge in [0.15, 0.2) is 0 Å². The zero-order valence-corrected chi connectivity index (χ0v) is 43.7. The molecule has 0 spiro atoms. The highest BCUT2D eigenvalue weighted by atomic mass is 35.5. The fourth-order valence-corrected chi connectivity index (χ4v) is 5.94. The molecular formula is C53H77Cl2N7O8. The third-order valence-electron chi connectivity index (χ3n) is 9.51. The van der Waals surface area contributed by atoms with E-state index >= 15 is 0 Å². The van der Waals surface area contributed by atoms with Crippen molar-refractivity contribution in [3.8, 4) is 12.1 Å². The smallest absolute Gasteiger partial charge is 0.299 e. The number of carbonyl (C=O) groups is 3. The summed E-state index contributed by atoms with van der Waals surface area (Å²) in [5.74, 6) is 1.07. The van der Waals surface area contributed by atoms with Crippen molar-refractivity contribution in [1.29, 1.82) is 10.5 Å². The number of unbranched alkanes of at least 4 members (excludes halogenated alkanes) is 6. The Balaban J connectivity index is 0.000000981. The van der Waals surface area contributed by atoms with Crippen molar-refractivity contribution in [1.82, 2.24) is 5.32 Å². The van der Waals surface area contributed by atoms with Crippen LogP contribution in [0.1, 0.15) is 72.9 Å². The molecule has 386 valence electrons. The van der Waals surface area contributed by atoms with Gasteiger partial charge < -0.3 is 49.4 Å². The quantitative estimate of drug-likeness (QED) is 0.0151. The topological polar surface area (TPSA) is 193 Å². The average molecular weight is 1010 g/mol. The van der Waals surface area contributed by atoms with Gasteiger partial charge in [-0.2, -0.15) is 10.5 Å². The molecule has 70 heavy (non-hydrogen) atoms. The molecule has 0 aliphatic heterocycles. The minimum Gasteiger partial charge on any atom is -0.417 e. The molecule has 3 rings (SSSR count). The Labute approximate surface area is 428 Å². The Morgan fingerprint density at radius 3 is 1.33 bits per heavy atom. The van der Waals surface area contributed by atoms with Crippen molar-refractivity contribution in [2.45, 2.75) is 51.4 Å². The van der Waals surface area contributed by atoms with Gasteiger partial charge in [-0.05, 0) is 97.5 Å². The van der Waals surface area contributed by atoms with Gasteiger partial charge in [-0.15, -0.1) is 23.2 Å². The number of nitrogens with two attached hydrogens (primary N) is 1. The Morgan fingerprint density at radius 1 is 0.557 bits per heavy atom. The van der Waals surface area contributed by atoms with E-state index in [1.165, 1.54) is 18.9 Å². The van der Waals surface area contributed by atoms with Gasteiger partial charge >= 0.3 is 0 Å². The fraction of sp³-hybridized carbons (Fsp3) is 0.491. The molecule has 0 atom stereocenters. The number of allylic oxidation sites excluding steroid dienone is 1. The zero-order valence-electron chi connectivity index (χ0n) is 42.2. The van der Waals surface area contributed by atoms with Crippen LogP contribution in [0.5, 0.6) is 0 Å². The van der Waals surface area contributed by atoms with E-state index in [2.05, 4.69) is 10.1 Å². The average Bonchev–Trinajstić information content (AvgIpc) is 3.37. The number of ether oxygens (including phenoxy) is 5. The first kappa shape index (κ1) is 64.5. The summed E-state index contributed by atoms with van der Waals surface area (Å²) in [6, 6.07) is 26.4. The first-order valence-corrected chi connectivity index (χ1v) is 24.5. The summed E-state index contributed by atoms with van der Waals surface area (Å²) in [5, 5.41) is 20.6. The summed E-state index contributed by atoms with van der Waals surface area (Å²) < 4.78 is 25.9. The molecular weight excluding hydrogens is 934 g/mol. The Bertz CT molecular complexity index is 1920. The lowest BCUT2D eigenvalue weighted by atomic mass is 10.1. The summed E-state index contributed by atoms with van der Waals surface area (Å²) in [5.41, 5.74) is 10.9. The molecule has 0 aliphatic rings. The van der Waals surface area contributed by atoms with E-state index < -0.39 is 5.91 Å². The maximum Gasteiger partial charge on any atom is 0.299 e. The summed E-state index contributed by atoms with van der Waals surface area (Å²) in [4.78, 5) is 38.5. The first-order valence-electron chi connectivity index (χ1n) is 23.4. The lowest BCUT2D eigenvalue weighted by Crippen LogP contribution is -2.28. The number of halogens is 2. The van der Waals surface area contributed by atoms with Gasteiger partial charge in [-0.1, -0.05) is 49.9 Å². The lowest BCUT2D eigenvalue weighted by Gasteiger charge is -2.12. The third kappa shape index (κ3) is 34.7. The van der Waals surface area contributed by atoms with Crippen LogP contribution in [0.4, 0.5) is 17.1 Å². The van der Waals surface area contributed by atoms with Crippen LogP contribution in [0.3, 0.4) is 0 Å². The van der Waals surface area contributed by atoms with E-state index in [1.54, 1.807) is 12.1 Å². The van der Waals surface area contributed by atoms with Gasteiger partial charge in [0.1, 0.15) is 24.0 Å². The predicted molar refractivity (Wildman–Crippen MR) is 286 cm³/mol. The number of nitriles is 2. The summed E-state index contributed by atoms with van der Waals surface area (Å²) in [6.45, 7) is 6.07. The van der Waals surface area contributed by atoms with Crippen molar-refractivity contribution >= 4 is 71.1 Å². The Morgan fingerprint density at radius 2 is 0.957 bits per heavy atom. The van der Waals surface area contributed by atoms with Crippen LogP contribution in [-0.4, -0.2) is 139 Å². The van der Waals surface area contributed by atoms with E-state index in [0.717, 1.165) is 104 Å². The van der Waals surface area contributed by atoms with Gasteiger partial charge in [0.2, 0.25) is 5.76 Å². The van der Waals surface area contributed by atoms with Crippen molar-refractivity contribution in [2.75, 3.05) is 135 Å². The first-order chi connectivity index (χ1) is 33.9. The molecule has 0 heterocycles. The number of amides is 1. The second-order valence-electron chi connectivity index (χ2n) is 15.8. The number of rotatable bonds is 32. The molecule has 1 amide bonds. The van der Waals surface area contributed by atoms with Crippen molar-refractivity contribution < 1.29 is 38.1 Å². The van der Waals surface area contributed by atoms with Gasteiger partial charge in [-0.3, -0.25) is 14.4 Å². The molecule has 15 nitrogen and oxygen atoms in total. The SMILES string of the molecule is CN(C)c1ccc(/C=C(/C#N)OC=O)cc1.CN(C)c1ccc(/C=C(\C#N)C(=O)NCCOCCOCCCCCCCl)cc1.CN(C)c1ccc(C=O)cc1.NCCOCCOCCCCCCCl. The molecule has 3 aromatic rings. The van der Waals surface area contributed by atoms with E-state index in [0.29, 0.717) is 52.7 Å². The number of nitrogens with zero attached hydrogens (tertiary/aromatic N) is 5. The Kier molecular flexibility index (Phi) is 41.2. The highest BCUT2D eigenvalue weighted by Gasteiger charge is 2.09. The summed E-state index contributed by atoms with van der Waals surface area (Å²) in [7, 11) is 11.7. The molecule has 0 fully saturated rings. The van der Waals surface area contributed by atoms with Gasteiger partial charge in [-0.25, -0.2) is 0 Å². The van der Waals surface area contributed by atoms with Gasteiger partial charge in [0.25, 0.3) is 12.4 Å². The fourth-order valence-electron chi connectivity index (χ4n) is 5.56. The van der Waals surface area contributed by atoms with Crippen LogP contribution in [0, 0.1) is 22.7 Å². The number of aldehydes is 1. The largest absolute Gasteiger partial charge is 0.417 e. The van der Waals surface area contributed by atoms with Gasteiger partial charge in [0, 0.05) is 103 Å². The van der Waals surface area contributed by atoms with E-state index in [-0.39, 0.29) is 17.8 Å². The maximum atomic E-state index is 12.1. The van der Waals surface area contributed by atoms with Crippen LogP contribution in [-0.2, 0) is 33.3 Å². The molecule has 0 aromatic heterocycles. The normalized spacial score (nSPS) is 10.6. The van der Waals surface area contributed by atoms with Crippen LogP contribution in [0.15, 0.2) is 84.1 Å². The van der Waals surface area contributed by atoms with E-state index in [1.807, 2.05) is 136 Å². The number of hydrogen-bond donors (Lipinski definition) is 2. The zero-order chi connectivity index (χ0) is 52.0. The molecule has 3 aromatic carbocycles. The number of benzene rings is 3. The number of hydrogen-bond acceptors (Lipinski definition) is 14. The molecule has 3 N–H and O–H groups in total. The molecule has 0 aliphatic carbocycles. The highest BCUT2D eigenvalue weighted by Crippen LogP contribution is 2.16. The molecule has 0 saturated heterocycles.